The van der Waals surface area contributed by atoms with E-state index < -0.39 is 0 Å². The highest BCUT2D eigenvalue weighted by molar-refractivity contribution is 6.30. The lowest BCUT2D eigenvalue weighted by Crippen LogP contribution is -2.11. The Morgan fingerprint density at radius 3 is 2.58 bits per heavy atom. The molecule has 0 amide bonds. The molecule has 0 radical (unpaired) electrons. The van der Waals surface area contributed by atoms with Crippen LogP contribution in [0.25, 0.3) is 0 Å². The molecule has 1 aromatic carbocycles. The molecule has 1 aliphatic rings. The van der Waals surface area contributed by atoms with Gasteiger partial charge >= 0.3 is 5.97 Å². The Kier molecular flexibility index (Phi) is 5.29. The number of nitrogens with one attached hydrogen (secondary N) is 1. The van der Waals surface area contributed by atoms with Crippen LogP contribution in [0.1, 0.15) is 44.5 Å². The van der Waals surface area contributed by atoms with Crippen molar-refractivity contribution in [3.8, 4) is 0 Å². The van der Waals surface area contributed by atoms with Crippen molar-refractivity contribution in [2.75, 3.05) is 0 Å². The van der Waals surface area contributed by atoms with Crippen LogP contribution in [0.4, 0.5) is 0 Å². The lowest BCUT2D eigenvalue weighted by Gasteiger charge is -2.08. The van der Waals surface area contributed by atoms with Crippen LogP contribution in [-0.2, 0) is 22.6 Å². The van der Waals surface area contributed by atoms with Crippen molar-refractivity contribution in [1.82, 2.24) is 4.98 Å². The summed E-state index contributed by atoms with van der Waals surface area (Å²) < 4.78 is 5.63. The highest BCUT2D eigenvalue weighted by Crippen LogP contribution is 2.59. The highest BCUT2D eigenvalue weighted by atomic mass is 35.5. The molecular weight excluding hydrogens is 346 g/mol. The monoisotopic (exact) mass is 371 g/mol. The van der Waals surface area contributed by atoms with Crippen LogP contribution in [0.3, 0.4) is 0 Å². The summed E-state index contributed by atoms with van der Waals surface area (Å²) in [5.74, 6) is 0.119. The largest absolute Gasteiger partial charge is 0.459 e. The maximum absolute atomic E-state index is 12.5. The third-order valence-corrected chi connectivity index (χ3v) is 5.53. The summed E-state index contributed by atoms with van der Waals surface area (Å²) in [6.07, 6.45) is 4.86. The maximum Gasteiger partial charge on any atom is 0.310 e. The Labute approximate surface area is 160 Å². The van der Waals surface area contributed by atoms with Gasteiger partial charge in [0, 0.05) is 11.2 Å². The zero-order valence-corrected chi connectivity index (χ0v) is 16.6. The molecule has 1 heterocycles. The van der Waals surface area contributed by atoms with E-state index in [1.165, 1.54) is 11.1 Å². The minimum atomic E-state index is -0.107. The van der Waals surface area contributed by atoms with Gasteiger partial charge in [-0.2, -0.15) is 0 Å². The summed E-state index contributed by atoms with van der Waals surface area (Å²) in [4.78, 5) is 15.7. The molecular formula is C22H26ClNO2. The molecule has 1 fully saturated rings. The topological polar surface area (TPSA) is 42.1 Å². The Morgan fingerprint density at radius 2 is 1.92 bits per heavy atom. The van der Waals surface area contributed by atoms with Gasteiger partial charge in [0.25, 0.3) is 0 Å². The second kappa shape index (κ2) is 7.32. The molecule has 0 aliphatic heterocycles. The van der Waals surface area contributed by atoms with E-state index in [-0.39, 0.29) is 29.8 Å². The summed E-state index contributed by atoms with van der Waals surface area (Å²) >= 11 is 5.94. The summed E-state index contributed by atoms with van der Waals surface area (Å²) in [7, 11) is 0. The van der Waals surface area contributed by atoms with Crippen molar-refractivity contribution in [3.05, 3.63) is 70.0 Å². The fraction of sp³-hybridized carbons (Fsp3) is 0.409. The van der Waals surface area contributed by atoms with E-state index in [9.17, 15) is 4.79 Å². The lowest BCUT2D eigenvalue weighted by molar-refractivity contribution is -0.147. The predicted molar refractivity (Wildman–Crippen MR) is 105 cm³/mol. The number of hydrogen-bond acceptors (Lipinski definition) is 2. The van der Waals surface area contributed by atoms with Gasteiger partial charge in [0.05, 0.1) is 11.6 Å². The molecule has 1 aliphatic carbocycles. The van der Waals surface area contributed by atoms with Crippen LogP contribution in [0.5, 0.6) is 0 Å². The standard InChI is InChI=1S/C22H26ClNO2/c1-14(2)11-18-20(22(18,3)4)21(25)26-13-19-16(9-10-24-19)12-15-5-7-17(23)8-6-15/h5-11,18,20,24H,12-13H2,1-4H3. The van der Waals surface area contributed by atoms with E-state index in [1.807, 2.05) is 36.5 Å². The first-order chi connectivity index (χ1) is 12.3. The number of esters is 1. The summed E-state index contributed by atoms with van der Waals surface area (Å²) in [5.41, 5.74) is 4.49. The summed E-state index contributed by atoms with van der Waals surface area (Å²) in [6, 6.07) is 9.85. The van der Waals surface area contributed by atoms with Crippen LogP contribution in [0, 0.1) is 17.3 Å². The Balaban J connectivity index is 1.61. The van der Waals surface area contributed by atoms with E-state index >= 15 is 0 Å². The number of carbonyl (C=O) groups is 1. The Hall–Kier alpha value is -2.00. The first kappa shape index (κ1) is 18.8. The van der Waals surface area contributed by atoms with Gasteiger partial charge in [0.1, 0.15) is 6.61 Å². The predicted octanol–water partition coefficient (Wildman–Crippen LogP) is 5.54. The number of hydrogen-bond donors (Lipinski definition) is 1. The third kappa shape index (κ3) is 4.04. The average Bonchev–Trinajstić information content (AvgIpc) is 2.91. The molecule has 26 heavy (non-hydrogen) atoms. The van der Waals surface area contributed by atoms with Gasteiger partial charge in [-0.1, -0.05) is 49.2 Å². The van der Waals surface area contributed by atoms with Crippen molar-refractivity contribution in [2.24, 2.45) is 17.3 Å². The number of allylic oxidation sites excluding steroid dienone is 2. The Bertz CT molecular complexity index is 813. The van der Waals surface area contributed by atoms with E-state index in [0.717, 1.165) is 22.7 Å². The zero-order chi connectivity index (χ0) is 18.9. The number of aromatic nitrogens is 1. The fourth-order valence-electron chi connectivity index (χ4n) is 3.59. The van der Waals surface area contributed by atoms with E-state index in [0.29, 0.717) is 0 Å². The van der Waals surface area contributed by atoms with Crippen LogP contribution >= 0.6 is 11.6 Å². The molecule has 1 saturated carbocycles. The number of aromatic amines is 1. The van der Waals surface area contributed by atoms with Crippen LogP contribution in [-0.4, -0.2) is 11.0 Å². The molecule has 4 heteroatoms. The summed E-state index contributed by atoms with van der Waals surface area (Å²) in [6.45, 7) is 8.67. The van der Waals surface area contributed by atoms with Crippen molar-refractivity contribution < 1.29 is 9.53 Å². The number of rotatable bonds is 6. The number of benzene rings is 1. The smallest absolute Gasteiger partial charge is 0.310 e. The van der Waals surface area contributed by atoms with Gasteiger partial charge in [-0.15, -0.1) is 0 Å². The first-order valence-corrected chi connectivity index (χ1v) is 9.38. The van der Waals surface area contributed by atoms with Crippen LogP contribution < -0.4 is 0 Å². The second-order valence-electron chi connectivity index (χ2n) is 7.96. The molecule has 138 valence electrons. The molecule has 3 rings (SSSR count). The third-order valence-electron chi connectivity index (χ3n) is 5.27. The number of halogens is 1. The van der Waals surface area contributed by atoms with E-state index in [1.54, 1.807) is 0 Å². The van der Waals surface area contributed by atoms with Gasteiger partial charge in [0.15, 0.2) is 0 Å². The average molecular weight is 372 g/mol. The normalized spacial score (nSPS) is 20.5. The van der Waals surface area contributed by atoms with Crippen LogP contribution in [0.15, 0.2) is 48.2 Å². The number of H-pyrrole nitrogens is 1. The van der Waals surface area contributed by atoms with Crippen molar-refractivity contribution in [3.63, 3.8) is 0 Å². The molecule has 0 spiro atoms. The van der Waals surface area contributed by atoms with Gasteiger partial charge in [0.2, 0.25) is 0 Å². The zero-order valence-electron chi connectivity index (χ0n) is 15.8. The summed E-state index contributed by atoms with van der Waals surface area (Å²) in [5, 5.41) is 0.731. The quantitative estimate of drug-likeness (QED) is 0.535. The van der Waals surface area contributed by atoms with Gasteiger partial charge in [-0.3, -0.25) is 4.79 Å². The van der Waals surface area contributed by atoms with Crippen molar-refractivity contribution in [1.29, 1.82) is 0 Å². The second-order valence-corrected chi connectivity index (χ2v) is 8.40. The minimum absolute atomic E-state index is 0.0176. The van der Waals surface area contributed by atoms with Gasteiger partial charge in [-0.05, 0) is 60.9 Å². The van der Waals surface area contributed by atoms with Gasteiger partial charge < -0.3 is 9.72 Å². The maximum atomic E-state index is 12.5. The number of ether oxygens (including phenoxy) is 1. The molecule has 0 bridgehead atoms. The minimum Gasteiger partial charge on any atom is -0.459 e. The van der Waals surface area contributed by atoms with Crippen molar-refractivity contribution >= 4 is 17.6 Å². The Morgan fingerprint density at radius 1 is 1.23 bits per heavy atom. The molecule has 3 nitrogen and oxygen atoms in total. The van der Waals surface area contributed by atoms with Crippen LogP contribution in [0.2, 0.25) is 5.02 Å². The molecule has 2 atom stereocenters. The molecule has 1 N–H and O–H groups in total. The SMILES string of the molecule is CC(C)=CC1C(C(=O)OCc2[nH]ccc2Cc2ccc(Cl)cc2)C1(C)C. The molecule has 0 saturated heterocycles. The van der Waals surface area contributed by atoms with Gasteiger partial charge in [-0.25, -0.2) is 0 Å². The fourth-order valence-corrected chi connectivity index (χ4v) is 3.72. The lowest BCUT2D eigenvalue weighted by atomic mass is 10.1. The highest BCUT2D eigenvalue weighted by Gasteiger charge is 2.61. The van der Waals surface area contributed by atoms with E-state index in [2.05, 4.69) is 38.8 Å². The molecule has 1 aromatic heterocycles. The van der Waals surface area contributed by atoms with Crippen molar-refractivity contribution in [2.45, 2.75) is 40.7 Å². The number of carbonyl (C=O) groups excluding carboxylic acids is 1. The van der Waals surface area contributed by atoms with E-state index in [4.69, 9.17) is 16.3 Å². The molecule has 2 aromatic rings. The first-order valence-electron chi connectivity index (χ1n) is 9.00. The molecule has 2 unspecified atom stereocenters.